The minimum absolute atomic E-state index is 0.000358. The van der Waals surface area contributed by atoms with E-state index in [0.29, 0.717) is 24.6 Å². The fraction of sp³-hybridized carbons (Fsp3) is 0.333. The minimum atomic E-state index is -4.86. The summed E-state index contributed by atoms with van der Waals surface area (Å²) in [6, 6.07) is 2.80. The molecular weight excluding hydrogens is 578 g/mol. The number of hydrogen-bond acceptors (Lipinski definition) is 4. The molecule has 0 bridgehead atoms. The van der Waals surface area contributed by atoms with Crippen molar-refractivity contribution in [3.63, 3.8) is 0 Å². The van der Waals surface area contributed by atoms with Crippen LogP contribution in [0.15, 0.2) is 42.5 Å². The summed E-state index contributed by atoms with van der Waals surface area (Å²) in [6.45, 7) is 1.91. The first-order valence-corrected chi connectivity index (χ1v) is 12.0. The van der Waals surface area contributed by atoms with E-state index in [2.05, 4.69) is 9.47 Å². The van der Waals surface area contributed by atoms with Gasteiger partial charge in [-0.05, 0) is 36.2 Å². The van der Waals surface area contributed by atoms with Crippen molar-refractivity contribution in [1.82, 2.24) is 0 Å². The molecule has 0 saturated carbocycles. The Balaban J connectivity index is 1.52. The largest absolute Gasteiger partial charge is 0.451 e. The summed E-state index contributed by atoms with van der Waals surface area (Å²) < 4.78 is 160. The Hall–Kier alpha value is -3.52. The molecule has 1 saturated heterocycles. The van der Waals surface area contributed by atoms with Gasteiger partial charge in [0.05, 0.1) is 13.2 Å². The lowest BCUT2D eigenvalue weighted by Gasteiger charge is -2.33. The van der Waals surface area contributed by atoms with Crippen molar-refractivity contribution in [2.24, 2.45) is 5.92 Å². The maximum atomic E-state index is 14.8. The van der Waals surface area contributed by atoms with Crippen molar-refractivity contribution < 1.29 is 62.9 Å². The van der Waals surface area contributed by atoms with Crippen LogP contribution < -0.4 is 9.47 Å². The zero-order valence-electron chi connectivity index (χ0n) is 20.9. The number of benzene rings is 3. The van der Waals surface area contributed by atoms with E-state index < -0.39 is 81.6 Å². The van der Waals surface area contributed by atoms with E-state index in [9.17, 15) is 43.9 Å². The van der Waals surface area contributed by atoms with Crippen molar-refractivity contribution in [1.29, 1.82) is 0 Å². The number of rotatable bonds is 9. The first-order valence-electron chi connectivity index (χ1n) is 12.0. The molecule has 222 valence electrons. The third-order valence-electron chi connectivity index (χ3n) is 5.98. The van der Waals surface area contributed by atoms with Crippen LogP contribution in [0.4, 0.5) is 43.9 Å². The second kappa shape index (κ2) is 11.8. The average Bonchev–Trinajstić information content (AvgIpc) is 2.86. The van der Waals surface area contributed by atoms with E-state index >= 15 is 0 Å². The highest BCUT2D eigenvalue weighted by Gasteiger charge is 2.47. The standard InChI is InChI=1S/C27H20F10O4/c1-2-3-13-11-38-25(39-12-13)27(36,37)40-15-4-5-17(18(28)8-15)14-6-19(29)23(20(30)7-14)26(34,35)41-16-9-21(31)24(33)22(32)10-16/h4-10,13,25H,2-3,11-12H2,1H3. The van der Waals surface area contributed by atoms with Crippen LogP contribution in [0.5, 0.6) is 11.5 Å². The Bertz CT molecular complexity index is 1360. The average molecular weight is 598 g/mol. The molecule has 4 rings (SSSR count). The predicted molar refractivity (Wildman–Crippen MR) is 122 cm³/mol. The summed E-state index contributed by atoms with van der Waals surface area (Å²) in [5.74, 6) is -13.0. The van der Waals surface area contributed by atoms with Gasteiger partial charge in [-0.3, -0.25) is 0 Å². The van der Waals surface area contributed by atoms with E-state index in [1.807, 2.05) is 6.92 Å². The van der Waals surface area contributed by atoms with Crippen LogP contribution in [0.25, 0.3) is 11.1 Å². The smallest absolute Gasteiger partial charge is 0.429 e. The second-order valence-corrected chi connectivity index (χ2v) is 9.09. The quantitative estimate of drug-likeness (QED) is 0.184. The summed E-state index contributed by atoms with van der Waals surface area (Å²) in [5, 5.41) is 0. The molecule has 0 aliphatic carbocycles. The molecule has 0 amide bonds. The topological polar surface area (TPSA) is 36.9 Å². The lowest BCUT2D eigenvalue weighted by molar-refractivity contribution is -0.352. The molecule has 0 radical (unpaired) electrons. The summed E-state index contributed by atoms with van der Waals surface area (Å²) in [5.41, 5.74) is -3.19. The van der Waals surface area contributed by atoms with Gasteiger partial charge in [-0.25, -0.2) is 26.3 Å². The molecule has 3 aromatic carbocycles. The highest BCUT2D eigenvalue weighted by atomic mass is 19.3. The van der Waals surface area contributed by atoms with Crippen LogP contribution in [-0.2, 0) is 15.6 Å². The molecule has 0 aromatic heterocycles. The monoisotopic (exact) mass is 598 g/mol. The Morgan fingerprint density at radius 2 is 1.29 bits per heavy atom. The molecular formula is C27H20F10O4. The molecule has 1 aliphatic heterocycles. The van der Waals surface area contributed by atoms with E-state index in [1.54, 1.807) is 0 Å². The Morgan fingerprint density at radius 1 is 0.732 bits per heavy atom. The van der Waals surface area contributed by atoms with E-state index in [1.165, 1.54) is 0 Å². The van der Waals surface area contributed by atoms with Gasteiger partial charge in [0.15, 0.2) is 17.5 Å². The van der Waals surface area contributed by atoms with E-state index in [4.69, 9.17) is 9.47 Å². The molecule has 14 heteroatoms. The highest BCUT2D eigenvalue weighted by molar-refractivity contribution is 5.66. The Kier molecular flexibility index (Phi) is 8.73. The molecule has 0 N–H and O–H groups in total. The minimum Gasteiger partial charge on any atom is -0.429 e. The van der Waals surface area contributed by atoms with Crippen molar-refractivity contribution in [3.05, 3.63) is 82.9 Å². The molecule has 4 nitrogen and oxygen atoms in total. The van der Waals surface area contributed by atoms with Crippen molar-refractivity contribution >= 4 is 0 Å². The predicted octanol–water partition coefficient (Wildman–Crippen LogP) is 8.08. The molecule has 41 heavy (non-hydrogen) atoms. The second-order valence-electron chi connectivity index (χ2n) is 9.09. The Morgan fingerprint density at radius 3 is 1.83 bits per heavy atom. The SMILES string of the molecule is CCCC1COC(C(F)(F)Oc2ccc(-c3cc(F)c(C(F)(F)Oc4cc(F)c(F)c(F)c4)c(F)c3)c(F)c2)OC1. The normalized spacial score (nSPS) is 17.9. The van der Waals surface area contributed by atoms with Gasteiger partial charge in [0, 0.05) is 29.7 Å². The van der Waals surface area contributed by atoms with Gasteiger partial charge in [0.1, 0.15) is 34.5 Å². The fourth-order valence-corrected chi connectivity index (χ4v) is 4.11. The summed E-state index contributed by atoms with van der Waals surface area (Å²) in [6.07, 6.45) is -9.46. The highest BCUT2D eigenvalue weighted by Crippen LogP contribution is 2.39. The van der Waals surface area contributed by atoms with Crippen molar-refractivity contribution in [2.75, 3.05) is 13.2 Å². The Labute approximate surface area is 226 Å². The summed E-state index contributed by atoms with van der Waals surface area (Å²) in [7, 11) is 0. The zero-order chi connectivity index (χ0) is 30.1. The van der Waals surface area contributed by atoms with Gasteiger partial charge in [-0.1, -0.05) is 13.3 Å². The maximum absolute atomic E-state index is 14.8. The van der Waals surface area contributed by atoms with E-state index in [-0.39, 0.29) is 31.3 Å². The molecule has 0 atom stereocenters. The number of ether oxygens (including phenoxy) is 4. The van der Waals surface area contributed by atoms with Gasteiger partial charge in [0.25, 0.3) is 6.29 Å². The molecule has 3 aromatic rings. The summed E-state index contributed by atoms with van der Waals surface area (Å²) in [4.78, 5) is 0. The van der Waals surface area contributed by atoms with Crippen molar-refractivity contribution in [3.8, 4) is 22.6 Å². The van der Waals surface area contributed by atoms with Crippen molar-refractivity contribution in [2.45, 2.75) is 38.3 Å². The van der Waals surface area contributed by atoms with Crippen LogP contribution in [0.3, 0.4) is 0 Å². The van der Waals surface area contributed by atoms with Crippen LogP contribution >= 0.6 is 0 Å². The third kappa shape index (κ3) is 6.70. The van der Waals surface area contributed by atoms with Gasteiger partial charge in [-0.2, -0.15) is 17.6 Å². The lowest BCUT2D eigenvalue weighted by Crippen LogP contribution is -2.47. The fourth-order valence-electron chi connectivity index (χ4n) is 4.11. The van der Waals surface area contributed by atoms with E-state index in [0.717, 1.165) is 18.6 Å². The van der Waals surface area contributed by atoms with Gasteiger partial charge in [0.2, 0.25) is 0 Å². The molecule has 1 fully saturated rings. The number of halogens is 10. The lowest BCUT2D eigenvalue weighted by atomic mass is 10.0. The zero-order valence-corrected chi connectivity index (χ0v) is 20.9. The van der Waals surface area contributed by atoms with Gasteiger partial charge >= 0.3 is 12.2 Å². The first-order chi connectivity index (χ1) is 19.2. The molecule has 1 aliphatic rings. The molecule has 0 spiro atoms. The molecule has 1 heterocycles. The summed E-state index contributed by atoms with van der Waals surface area (Å²) >= 11 is 0. The number of hydrogen-bond donors (Lipinski definition) is 0. The maximum Gasteiger partial charge on any atom is 0.451 e. The first kappa shape index (κ1) is 30.4. The number of alkyl halides is 4. The van der Waals surface area contributed by atoms with Crippen LogP contribution in [0.1, 0.15) is 25.3 Å². The van der Waals surface area contributed by atoms with Crippen LogP contribution in [0, 0.1) is 40.8 Å². The third-order valence-corrected chi connectivity index (χ3v) is 5.98. The van der Waals surface area contributed by atoms with Crippen LogP contribution in [0.2, 0.25) is 0 Å². The molecule has 0 unspecified atom stereocenters. The van der Waals surface area contributed by atoms with Crippen LogP contribution in [-0.4, -0.2) is 25.6 Å². The van der Waals surface area contributed by atoms with Gasteiger partial charge < -0.3 is 18.9 Å². The van der Waals surface area contributed by atoms with Gasteiger partial charge in [-0.15, -0.1) is 0 Å².